The fraction of sp³-hybridized carbons (Fsp3) is 0.333. The van der Waals surface area contributed by atoms with E-state index in [9.17, 15) is 9.59 Å². The lowest BCUT2D eigenvalue weighted by atomic mass is 10.1. The summed E-state index contributed by atoms with van der Waals surface area (Å²) in [5.41, 5.74) is 8.95. The number of nitrogens with zero attached hydrogens (tertiary/aromatic N) is 6. The molecule has 0 saturated carbocycles. The molecule has 4 heterocycles. The molecule has 2 aliphatic heterocycles. The minimum absolute atomic E-state index is 0.0156. The molecule has 1 saturated heterocycles. The van der Waals surface area contributed by atoms with Gasteiger partial charge in [0.15, 0.2) is 16.9 Å². The number of fused-ring (bicyclic) bond motifs is 3. The van der Waals surface area contributed by atoms with Crippen LogP contribution in [0.25, 0.3) is 11.2 Å². The van der Waals surface area contributed by atoms with Crippen LogP contribution in [0.3, 0.4) is 0 Å². The van der Waals surface area contributed by atoms with Gasteiger partial charge in [0.25, 0.3) is 5.56 Å². The molecule has 0 amide bonds. The summed E-state index contributed by atoms with van der Waals surface area (Å²) in [4.78, 5) is 39.6. The summed E-state index contributed by atoms with van der Waals surface area (Å²) in [7, 11) is 1.64. The third-order valence-electron chi connectivity index (χ3n) is 7.46. The number of aliphatic imine (C=N–C) groups is 1. The quantitative estimate of drug-likeness (QED) is 0.401. The number of aromatic nitrogens is 4. The molecule has 10 nitrogen and oxygen atoms in total. The van der Waals surface area contributed by atoms with Crippen molar-refractivity contribution in [1.82, 2.24) is 18.7 Å². The van der Waals surface area contributed by atoms with Crippen molar-refractivity contribution in [2.24, 2.45) is 17.8 Å². The van der Waals surface area contributed by atoms with E-state index in [-0.39, 0.29) is 19.1 Å². The Balaban J connectivity index is 1.55. The fourth-order valence-corrected chi connectivity index (χ4v) is 5.43. The first-order chi connectivity index (χ1) is 19.4. The molecule has 40 heavy (non-hydrogen) atoms. The van der Waals surface area contributed by atoms with Gasteiger partial charge in [-0.2, -0.15) is 4.98 Å². The second-order valence-electron chi connectivity index (χ2n) is 10.3. The number of hydrogen-bond acceptors (Lipinski definition) is 7. The third-order valence-corrected chi connectivity index (χ3v) is 7.46. The van der Waals surface area contributed by atoms with Gasteiger partial charge in [-0.15, -0.1) is 5.92 Å². The molecule has 1 atom stereocenters. The first kappa shape index (κ1) is 25.6. The zero-order valence-electron chi connectivity index (χ0n) is 22.8. The highest BCUT2D eigenvalue weighted by molar-refractivity contribution is 6.05. The van der Waals surface area contributed by atoms with Crippen molar-refractivity contribution in [3.63, 3.8) is 0 Å². The van der Waals surface area contributed by atoms with Crippen LogP contribution in [-0.4, -0.2) is 43.5 Å². The smallest absolute Gasteiger partial charge is 0.332 e. The van der Waals surface area contributed by atoms with Gasteiger partial charge in [0.2, 0.25) is 5.95 Å². The zero-order valence-corrected chi connectivity index (χ0v) is 22.8. The molecule has 0 spiro atoms. The summed E-state index contributed by atoms with van der Waals surface area (Å²) in [6, 6.07) is 13.3. The molecular formula is C30H31N7O3. The maximum Gasteiger partial charge on any atom is 0.332 e. The topological polar surface area (TPSA) is 113 Å². The van der Waals surface area contributed by atoms with Gasteiger partial charge in [-0.1, -0.05) is 24.1 Å². The highest BCUT2D eigenvalue weighted by Crippen LogP contribution is 2.38. The molecule has 0 radical (unpaired) electrons. The minimum atomic E-state index is -0.472. The summed E-state index contributed by atoms with van der Waals surface area (Å²) in [5, 5.41) is 0. The number of aryl methyl sites for hydroxylation is 2. The monoisotopic (exact) mass is 537 g/mol. The summed E-state index contributed by atoms with van der Waals surface area (Å²) in [5.74, 6) is 7.82. The van der Waals surface area contributed by atoms with Crippen molar-refractivity contribution in [2.75, 3.05) is 18.0 Å². The Labute approximate surface area is 231 Å². The van der Waals surface area contributed by atoms with E-state index in [0.29, 0.717) is 46.6 Å². The molecule has 2 N–H and O–H groups in total. The van der Waals surface area contributed by atoms with E-state index < -0.39 is 11.2 Å². The molecule has 0 bridgehead atoms. The van der Waals surface area contributed by atoms with Crippen molar-refractivity contribution >= 4 is 28.5 Å². The molecule has 0 aliphatic carbocycles. The number of imidazole rings is 1. The molecule has 10 heteroatoms. The summed E-state index contributed by atoms with van der Waals surface area (Å²) in [6.45, 7) is 5.36. The first-order valence-electron chi connectivity index (χ1n) is 13.4. The molecule has 1 fully saturated rings. The maximum atomic E-state index is 14.1. The minimum Gasteiger partial charge on any atom is -0.454 e. The number of nitrogens with two attached hydrogens (primary N) is 1. The maximum absolute atomic E-state index is 14.1. The Kier molecular flexibility index (Phi) is 6.52. The van der Waals surface area contributed by atoms with Gasteiger partial charge in [0.05, 0.1) is 18.8 Å². The standard InChI is InChI=1S/C30H31N7O3/c1-4-5-15-36-26-27(33-29(36)35-14-8-9-20(31)17-35)34(3)30(39)37(28(26)38)18-23-21-10-6-7-11-24(21)40-25-13-12-19(2)16-22(25)32-23/h6-7,10-13,16,20H,8-9,14-15,17-18,31H2,1-3H3. The fourth-order valence-electron chi connectivity index (χ4n) is 5.43. The van der Waals surface area contributed by atoms with Crippen LogP contribution >= 0.6 is 0 Å². The number of benzene rings is 2. The van der Waals surface area contributed by atoms with E-state index in [2.05, 4.69) is 16.7 Å². The highest BCUT2D eigenvalue weighted by Gasteiger charge is 2.27. The molecule has 4 aromatic rings. The molecule has 2 aliphatic rings. The van der Waals surface area contributed by atoms with Gasteiger partial charge in [0, 0.05) is 31.7 Å². The van der Waals surface area contributed by atoms with Crippen molar-refractivity contribution in [3.8, 4) is 23.3 Å². The number of rotatable bonds is 4. The molecule has 6 rings (SSSR count). The summed E-state index contributed by atoms with van der Waals surface area (Å²) in [6.07, 6.45) is 1.86. The lowest BCUT2D eigenvalue weighted by Crippen LogP contribution is -2.44. The Morgan fingerprint density at radius 2 is 1.95 bits per heavy atom. The van der Waals surface area contributed by atoms with Gasteiger partial charge in [0.1, 0.15) is 11.4 Å². The Morgan fingerprint density at radius 1 is 1.12 bits per heavy atom. The van der Waals surface area contributed by atoms with Crippen LogP contribution in [0.1, 0.15) is 30.9 Å². The lowest BCUT2D eigenvalue weighted by Gasteiger charge is -2.31. The number of para-hydroxylation sites is 1. The average molecular weight is 538 g/mol. The molecule has 2 aromatic carbocycles. The van der Waals surface area contributed by atoms with E-state index in [4.69, 9.17) is 20.4 Å². The van der Waals surface area contributed by atoms with Crippen LogP contribution in [0.15, 0.2) is 57.0 Å². The van der Waals surface area contributed by atoms with E-state index >= 15 is 0 Å². The van der Waals surface area contributed by atoms with Crippen molar-refractivity contribution in [2.45, 2.75) is 45.8 Å². The van der Waals surface area contributed by atoms with E-state index in [0.717, 1.165) is 30.5 Å². The van der Waals surface area contributed by atoms with Gasteiger partial charge in [-0.25, -0.2) is 9.79 Å². The van der Waals surface area contributed by atoms with E-state index in [1.54, 1.807) is 14.0 Å². The lowest BCUT2D eigenvalue weighted by molar-refractivity contribution is 0.484. The van der Waals surface area contributed by atoms with Gasteiger partial charge < -0.3 is 15.4 Å². The predicted octanol–water partition coefficient (Wildman–Crippen LogP) is 3.08. The van der Waals surface area contributed by atoms with Crippen LogP contribution in [0.4, 0.5) is 11.6 Å². The zero-order chi connectivity index (χ0) is 28.0. The molecule has 2 aromatic heterocycles. The van der Waals surface area contributed by atoms with Crippen molar-refractivity contribution < 1.29 is 4.74 Å². The number of piperidine rings is 1. The van der Waals surface area contributed by atoms with Crippen LogP contribution in [0.2, 0.25) is 0 Å². The third kappa shape index (κ3) is 4.38. The highest BCUT2D eigenvalue weighted by atomic mass is 16.5. The van der Waals surface area contributed by atoms with Crippen LogP contribution in [0, 0.1) is 18.8 Å². The predicted molar refractivity (Wildman–Crippen MR) is 156 cm³/mol. The van der Waals surface area contributed by atoms with Gasteiger partial charge in [-0.05, 0) is 56.5 Å². The van der Waals surface area contributed by atoms with Crippen molar-refractivity contribution in [3.05, 3.63) is 74.4 Å². The largest absolute Gasteiger partial charge is 0.454 e. The normalized spacial score (nSPS) is 16.4. The molecule has 204 valence electrons. The second-order valence-corrected chi connectivity index (χ2v) is 10.3. The second kappa shape index (κ2) is 10.2. The number of ether oxygens (including phenoxy) is 1. The Morgan fingerprint density at radius 3 is 2.75 bits per heavy atom. The number of anilines is 1. The van der Waals surface area contributed by atoms with Crippen LogP contribution in [0.5, 0.6) is 11.5 Å². The Bertz CT molecular complexity index is 1850. The average Bonchev–Trinajstić information content (AvgIpc) is 3.26. The van der Waals surface area contributed by atoms with E-state index in [1.165, 1.54) is 9.13 Å². The molecule has 1 unspecified atom stereocenters. The first-order valence-corrected chi connectivity index (χ1v) is 13.4. The van der Waals surface area contributed by atoms with Crippen LogP contribution in [-0.2, 0) is 20.1 Å². The van der Waals surface area contributed by atoms with Gasteiger partial charge >= 0.3 is 5.69 Å². The Hall–Kier alpha value is -4.62. The molecular weight excluding hydrogens is 506 g/mol. The van der Waals surface area contributed by atoms with Gasteiger partial charge in [-0.3, -0.25) is 18.5 Å². The summed E-state index contributed by atoms with van der Waals surface area (Å²) >= 11 is 0. The van der Waals surface area contributed by atoms with E-state index in [1.807, 2.05) is 54.0 Å². The summed E-state index contributed by atoms with van der Waals surface area (Å²) < 4.78 is 10.7. The number of hydrogen-bond donors (Lipinski definition) is 1. The SMILES string of the molecule is CC#CCn1c(N2CCCC(N)C2)nc2c1c(=O)n(CC1=Nc3cc(C)ccc3Oc3ccccc31)c(=O)n2C. The van der Waals surface area contributed by atoms with Crippen LogP contribution < -0.4 is 26.6 Å². The van der Waals surface area contributed by atoms with Crippen molar-refractivity contribution in [1.29, 1.82) is 0 Å².